The highest BCUT2D eigenvalue weighted by Crippen LogP contribution is 2.44. The van der Waals surface area contributed by atoms with Gasteiger partial charge in [0.15, 0.2) is 0 Å². The highest BCUT2D eigenvalue weighted by Gasteiger charge is 2.33. The molecule has 0 aliphatic heterocycles. The van der Waals surface area contributed by atoms with Crippen molar-refractivity contribution in [3.05, 3.63) is 114 Å². The van der Waals surface area contributed by atoms with E-state index in [2.05, 4.69) is 78.9 Å². The first-order chi connectivity index (χ1) is 23.4. The molecule has 0 aliphatic rings. The van der Waals surface area contributed by atoms with Gasteiger partial charge in [0.1, 0.15) is 12.4 Å². The van der Waals surface area contributed by atoms with E-state index in [1.807, 2.05) is 55.5 Å². The fourth-order valence-electron chi connectivity index (χ4n) is 5.83. The Morgan fingerprint density at radius 1 is 0.857 bits per heavy atom. The van der Waals surface area contributed by atoms with Crippen LogP contribution in [0.1, 0.15) is 58.5 Å². The molecule has 7 nitrogen and oxygen atoms in total. The number of rotatable bonds is 12. The van der Waals surface area contributed by atoms with Gasteiger partial charge in [-0.05, 0) is 62.7 Å². The van der Waals surface area contributed by atoms with Gasteiger partial charge >= 0.3 is 5.97 Å². The Bertz CT molecular complexity index is 2110. The quantitative estimate of drug-likeness (QED) is 0.129. The zero-order valence-corrected chi connectivity index (χ0v) is 29.8. The zero-order chi connectivity index (χ0) is 34.8. The second kappa shape index (κ2) is 14.0. The lowest BCUT2D eigenvalue weighted by atomic mass is 9.88. The standard InChI is InChI=1S/C41H43N3O4S/c1-7-47-37-14-10-13-34(43-37)29-17-15-27(16-18-29)25-44-35-22-21-31(48-26-30-20-19-28-11-8-9-12-33(28)42-30)23-32(35)38(49-40(2,3)4)36(44)24-41(5,6)39(45)46/h8-23H,7,24-26H2,1-6H3,(H,45,46). The molecule has 6 aromatic rings. The molecule has 252 valence electrons. The molecule has 6 rings (SSSR count). The smallest absolute Gasteiger partial charge is 0.309 e. The number of aromatic nitrogens is 3. The van der Waals surface area contributed by atoms with E-state index < -0.39 is 11.4 Å². The third-order valence-corrected chi connectivity index (χ3v) is 9.61. The molecule has 3 aromatic heterocycles. The molecule has 3 heterocycles. The van der Waals surface area contributed by atoms with Crippen molar-refractivity contribution >= 4 is 39.5 Å². The Morgan fingerprint density at radius 3 is 2.37 bits per heavy atom. The Balaban J connectivity index is 1.38. The Hall–Kier alpha value is -4.82. The molecule has 1 N–H and O–H groups in total. The maximum atomic E-state index is 12.4. The first-order valence-corrected chi connectivity index (χ1v) is 17.5. The molecule has 3 aromatic carbocycles. The minimum atomic E-state index is -0.971. The molecule has 0 spiro atoms. The van der Waals surface area contributed by atoms with Crippen LogP contribution in [0.4, 0.5) is 0 Å². The number of hydrogen-bond acceptors (Lipinski definition) is 6. The zero-order valence-electron chi connectivity index (χ0n) is 29.0. The molecule has 0 unspecified atom stereocenters. The summed E-state index contributed by atoms with van der Waals surface area (Å²) in [4.78, 5) is 23.0. The maximum Gasteiger partial charge on any atom is 0.309 e. The molecule has 49 heavy (non-hydrogen) atoms. The molecule has 8 heteroatoms. The summed E-state index contributed by atoms with van der Waals surface area (Å²) < 4.78 is 14.1. The van der Waals surface area contributed by atoms with Gasteiger partial charge in [-0.3, -0.25) is 4.79 Å². The minimum Gasteiger partial charge on any atom is -0.487 e. The Morgan fingerprint density at radius 2 is 1.63 bits per heavy atom. The number of ether oxygens (including phenoxy) is 2. The lowest BCUT2D eigenvalue weighted by Crippen LogP contribution is -2.28. The second-order valence-corrected chi connectivity index (χ2v) is 15.7. The summed E-state index contributed by atoms with van der Waals surface area (Å²) in [5, 5.41) is 12.3. The van der Waals surface area contributed by atoms with E-state index in [4.69, 9.17) is 14.5 Å². The van der Waals surface area contributed by atoms with Crippen LogP contribution in [0.15, 0.2) is 102 Å². The van der Waals surface area contributed by atoms with Crippen LogP contribution in [0, 0.1) is 5.41 Å². The van der Waals surface area contributed by atoms with E-state index in [1.165, 1.54) is 0 Å². The highest BCUT2D eigenvalue weighted by molar-refractivity contribution is 8.00. The van der Waals surface area contributed by atoms with E-state index in [0.29, 0.717) is 32.1 Å². The number of nitrogens with zero attached hydrogens (tertiary/aromatic N) is 3. The van der Waals surface area contributed by atoms with Crippen molar-refractivity contribution in [3.63, 3.8) is 0 Å². The molecule has 0 bridgehead atoms. The Labute approximate surface area is 292 Å². The van der Waals surface area contributed by atoms with Crippen molar-refractivity contribution in [2.45, 2.75) is 70.8 Å². The number of carbonyl (C=O) groups is 1. The number of carboxylic acid groups (broad SMARTS) is 1. The first-order valence-electron chi connectivity index (χ1n) is 16.6. The van der Waals surface area contributed by atoms with Crippen LogP contribution in [0.5, 0.6) is 11.6 Å². The average molecular weight is 674 g/mol. The largest absolute Gasteiger partial charge is 0.487 e. The number of hydrogen-bond donors (Lipinski definition) is 1. The molecule has 0 saturated heterocycles. The number of thioether (sulfide) groups is 1. The number of benzene rings is 3. The van der Waals surface area contributed by atoms with Crippen LogP contribution in [-0.2, 0) is 24.4 Å². The van der Waals surface area contributed by atoms with E-state index in [1.54, 1.807) is 25.6 Å². The summed E-state index contributed by atoms with van der Waals surface area (Å²) in [6.45, 7) is 13.6. The summed E-state index contributed by atoms with van der Waals surface area (Å²) in [5.74, 6) is 0.522. The molecule has 0 saturated carbocycles. The first kappa shape index (κ1) is 34.1. The fourth-order valence-corrected chi connectivity index (χ4v) is 7.02. The van der Waals surface area contributed by atoms with Crippen LogP contribution in [0.3, 0.4) is 0 Å². The topological polar surface area (TPSA) is 86.5 Å². The summed E-state index contributed by atoms with van der Waals surface area (Å²) in [6.07, 6.45) is 0.374. The van der Waals surface area contributed by atoms with Crippen molar-refractivity contribution in [1.82, 2.24) is 14.5 Å². The highest BCUT2D eigenvalue weighted by atomic mass is 32.2. The van der Waals surface area contributed by atoms with Gasteiger partial charge < -0.3 is 19.1 Å². The summed E-state index contributed by atoms with van der Waals surface area (Å²) in [6, 6.07) is 32.5. The van der Waals surface area contributed by atoms with Crippen molar-refractivity contribution in [2.75, 3.05) is 6.61 Å². The fraction of sp³-hybridized carbons (Fsp3) is 0.293. The van der Waals surface area contributed by atoms with Gasteiger partial charge in [-0.2, -0.15) is 0 Å². The predicted octanol–water partition coefficient (Wildman–Crippen LogP) is 9.82. The van der Waals surface area contributed by atoms with Crippen molar-refractivity contribution < 1.29 is 19.4 Å². The van der Waals surface area contributed by atoms with Crippen LogP contribution in [0.2, 0.25) is 0 Å². The normalized spacial score (nSPS) is 12.0. The van der Waals surface area contributed by atoms with Crippen LogP contribution in [0.25, 0.3) is 33.1 Å². The van der Waals surface area contributed by atoms with Gasteiger partial charge in [-0.1, -0.05) is 75.4 Å². The third-order valence-electron chi connectivity index (χ3n) is 8.34. The summed E-state index contributed by atoms with van der Waals surface area (Å²) in [7, 11) is 0. The number of para-hydroxylation sites is 1. The molecule has 0 atom stereocenters. The Kier molecular flexibility index (Phi) is 9.70. The molecule has 0 fully saturated rings. The van der Waals surface area contributed by atoms with Gasteiger partial charge in [0.2, 0.25) is 5.88 Å². The SMILES string of the molecule is CCOc1cccc(-c2ccc(Cn3c(CC(C)(C)C(=O)O)c(SC(C)(C)C)c4cc(OCc5ccc6ccccc6n5)ccc43)cc2)n1. The van der Waals surface area contributed by atoms with E-state index in [-0.39, 0.29) is 4.75 Å². The number of carboxylic acids is 1. The predicted molar refractivity (Wildman–Crippen MR) is 199 cm³/mol. The molecular weight excluding hydrogens is 631 g/mol. The van der Waals surface area contributed by atoms with Gasteiger partial charge in [0, 0.05) is 56.2 Å². The second-order valence-electron chi connectivity index (χ2n) is 13.9. The molecular formula is C41H43N3O4S. The molecule has 0 radical (unpaired) electrons. The van der Waals surface area contributed by atoms with Crippen LogP contribution >= 0.6 is 11.8 Å². The van der Waals surface area contributed by atoms with Crippen LogP contribution < -0.4 is 9.47 Å². The lowest BCUT2D eigenvalue weighted by Gasteiger charge is -2.24. The minimum absolute atomic E-state index is 0.113. The average Bonchev–Trinajstić information content (AvgIpc) is 3.33. The van der Waals surface area contributed by atoms with Crippen molar-refractivity contribution in [1.29, 1.82) is 0 Å². The van der Waals surface area contributed by atoms with Gasteiger partial charge in [-0.25, -0.2) is 9.97 Å². The monoisotopic (exact) mass is 673 g/mol. The van der Waals surface area contributed by atoms with E-state index in [9.17, 15) is 9.90 Å². The van der Waals surface area contributed by atoms with Crippen molar-refractivity contribution in [2.24, 2.45) is 5.41 Å². The van der Waals surface area contributed by atoms with Gasteiger partial charge in [0.25, 0.3) is 0 Å². The lowest BCUT2D eigenvalue weighted by molar-refractivity contribution is -0.146. The number of aliphatic carboxylic acids is 1. The maximum absolute atomic E-state index is 12.4. The van der Waals surface area contributed by atoms with Crippen molar-refractivity contribution in [3.8, 4) is 22.9 Å². The summed E-state index contributed by atoms with van der Waals surface area (Å²) >= 11 is 1.77. The molecule has 0 amide bonds. The number of fused-ring (bicyclic) bond motifs is 2. The van der Waals surface area contributed by atoms with E-state index >= 15 is 0 Å². The van der Waals surface area contributed by atoms with Crippen LogP contribution in [-0.4, -0.2) is 37.0 Å². The van der Waals surface area contributed by atoms with Gasteiger partial charge in [0.05, 0.1) is 28.9 Å². The van der Waals surface area contributed by atoms with Gasteiger partial charge in [-0.15, -0.1) is 11.8 Å². The summed E-state index contributed by atoms with van der Waals surface area (Å²) in [5.41, 5.74) is 5.82. The third kappa shape index (κ3) is 7.92. The molecule has 0 aliphatic carbocycles. The number of pyridine rings is 2. The van der Waals surface area contributed by atoms with E-state index in [0.717, 1.165) is 60.7 Å².